The van der Waals surface area contributed by atoms with Crippen molar-refractivity contribution in [3.05, 3.63) is 0 Å². The first kappa shape index (κ1) is 13.9. The van der Waals surface area contributed by atoms with Gasteiger partial charge in [-0.25, -0.2) is 4.79 Å². The van der Waals surface area contributed by atoms with E-state index in [-0.39, 0.29) is 17.5 Å². The third-order valence-electron chi connectivity index (χ3n) is 5.59. The first-order valence-electron chi connectivity index (χ1n) is 7.06. The monoisotopic (exact) mass is 254 g/mol. The predicted molar refractivity (Wildman–Crippen MR) is 72.0 cm³/mol. The summed E-state index contributed by atoms with van der Waals surface area (Å²) in [5, 5.41) is 0. The molecule has 0 aliphatic heterocycles. The number of hydrogen-bond acceptors (Lipinski definition) is 2. The third-order valence-corrected chi connectivity index (χ3v) is 5.59. The molecule has 0 saturated heterocycles. The molecule has 18 heavy (non-hydrogen) atoms. The molecule has 2 fully saturated rings. The van der Waals surface area contributed by atoms with Crippen LogP contribution in [0.25, 0.3) is 0 Å². The second-order valence-electron chi connectivity index (χ2n) is 8.04. The molecule has 0 radical (unpaired) electrons. The first-order chi connectivity index (χ1) is 8.06. The predicted octanol–water partition coefficient (Wildman–Crippen LogP) is 2.45. The molecule has 3 atom stereocenters. The highest BCUT2D eigenvalue weighted by Gasteiger charge is 2.62. The van der Waals surface area contributed by atoms with Crippen LogP contribution in [0.3, 0.4) is 0 Å². The van der Waals surface area contributed by atoms with Gasteiger partial charge < -0.3 is 9.22 Å². The Morgan fingerprint density at radius 2 is 1.89 bits per heavy atom. The standard InChI is InChI=1S/C15H28NO2/c1-14(2)11-7-8-15(14,3)12(9-11)18-13(17)10-16(4,5)6/h11-12H,7-10H2,1-6H3/q+1/t11-,12-,15-/m1/s1. The zero-order chi connectivity index (χ0) is 13.8. The van der Waals surface area contributed by atoms with Crippen LogP contribution in [0.2, 0.25) is 0 Å². The number of quaternary nitrogens is 1. The summed E-state index contributed by atoms with van der Waals surface area (Å²) in [5.41, 5.74) is 0.493. The second-order valence-corrected chi connectivity index (χ2v) is 8.04. The van der Waals surface area contributed by atoms with E-state index in [1.165, 1.54) is 12.8 Å². The topological polar surface area (TPSA) is 26.3 Å². The molecule has 104 valence electrons. The molecule has 2 bridgehead atoms. The molecule has 2 saturated carbocycles. The van der Waals surface area contributed by atoms with E-state index in [9.17, 15) is 4.79 Å². The van der Waals surface area contributed by atoms with Crippen molar-refractivity contribution in [3.8, 4) is 0 Å². The maximum atomic E-state index is 12.0. The van der Waals surface area contributed by atoms with E-state index in [0.29, 0.717) is 16.4 Å². The van der Waals surface area contributed by atoms with Crippen molar-refractivity contribution in [1.82, 2.24) is 0 Å². The Kier molecular flexibility index (Phi) is 3.05. The van der Waals surface area contributed by atoms with Crippen LogP contribution in [0.5, 0.6) is 0 Å². The van der Waals surface area contributed by atoms with E-state index >= 15 is 0 Å². The minimum atomic E-state index is -0.0444. The molecule has 2 rings (SSSR count). The number of esters is 1. The number of hydrogen-bond donors (Lipinski definition) is 0. The van der Waals surface area contributed by atoms with Crippen LogP contribution in [0.15, 0.2) is 0 Å². The maximum Gasteiger partial charge on any atom is 0.362 e. The first-order valence-corrected chi connectivity index (χ1v) is 7.06. The molecule has 0 unspecified atom stereocenters. The smallest absolute Gasteiger partial charge is 0.362 e. The summed E-state index contributed by atoms with van der Waals surface area (Å²) in [4.78, 5) is 12.0. The Hall–Kier alpha value is -0.570. The number of rotatable bonds is 3. The lowest BCUT2D eigenvalue weighted by Gasteiger charge is -2.38. The fourth-order valence-corrected chi connectivity index (χ4v) is 3.89. The van der Waals surface area contributed by atoms with E-state index in [2.05, 4.69) is 20.8 Å². The number of fused-ring (bicyclic) bond motifs is 2. The highest BCUT2D eigenvalue weighted by atomic mass is 16.5. The highest BCUT2D eigenvalue weighted by molar-refractivity contribution is 5.71. The van der Waals surface area contributed by atoms with Crippen molar-refractivity contribution in [2.24, 2.45) is 16.7 Å². The quantitative estimate of drug-likeness (QED) is 0.571. The van der Waals surface area contributed by atoms with Gasteiger partial charge >= 0.3 is 5.97 Å². The zero-order valence-corrected chi connectivity index (χ0v) is 12.7. The molecular weight excluding hydrogens is 226 g/mol. The Morgan fingerprint density at radius 1 is 1.28 bits per heavy atom. The Morgan fingerprint density at radius 3 is 2.28 bits per heavy atom. The van der Waals surface area contributed by atoms with Crippen LogP contribution in [-0.2, 0) is 9.53 Å². The van der Waals surface area contributed by atoms with E-state index in [0.717, 1.165) is 12.3 Å². The summed E-state index contributed by atoms with van der Waals surface area (Å²) in [6, 6.07) is 0. The molecule has 3 heteroatoms. The molecule has 2 aliphatic carbocycles. The molecule has 2 aliphatic rings. The van der Waals surface area contributed by atoms with E-state index < -0.39 is 0 Å². The van der Waals surface area contributed by atoms with Crippen LogP contribution in [0.1, 0.15) is 40.0 Å². The maximum absolute atomic E-state index is 12.0. The largest absolute Gasteiger partial charge is 0.458 e. The van der Waals surface area contributed by atoms with Crippen molar-refractivity contribution >= 4 is 5.97 Å². The van der Waals surface area contributed by atoms with Crippen LogP contribution in [-0.4, -0.2) is 44.2 Å². The number of ether oxygens (including phenoxy) is 1. The fourth-order valence-electron chi connectivity index (χ4n) is 3.89. The average molecular weight is 254 g/mol. The molecule has 0 aromatic rings. The third kappa shape index (κ3) is 2.07. The minimum Gasteiger partial charge on any atom is -0.458 e. The van der Waals surface area contributed by atoms with Crippen molar-refractivity contribution in [3.63, 3.8) is 0 Å². The van der Waals surface area contributed by atoms with E-state index in [1.807, 2.05) is 21.1 Å². The van der Waals surface area contributed by atoms with Crippen molar-refractivity contribution < 1.29 is 14.0 Å². The molecular formula is C15H28NO2+. The SMILES string of the molecule is CC1(C)[C@@H]2CC[C@]1(C)[C@H](OC(=O)C[N+](C)(C)C)C2. The van der Waals surface area contributed by atoms with Gasteiger partial charge in [0.2, 0.25) is 0 Å². The average Bonchev–Trinajstić information content (AvgIpc) is 2.47. The van der Waals surface area contributed by atoms with Crippen LogP contribution < -0.4 is 0 Å². The Balaban J connectivity index is 2.03. The molecule has 0 aromatic carbocycles. The van der Waals surface area contributed by atoms with Gasteiger partial charge in [0.05, 0.1) is 21.1 Å². The van der Waals surface area contributed by atoms with Gasteiger partial charge in [0.25, 0.3) is 0 Å². The number of carbonyl (C=O) groups excluding carboxylic acids is 1. The molecule has 3 nitrogen and oxygen atoms in total. The van der Waals surface area contributed by atoms with Crippen molar-refractivity contribution in [1.29, 1.82) is 0 Å². The zero-order valence-electron chi connectivity index (χ0n) is 12.7. The van der Waals surface area contributed by atoms with E-state index in [4.69, 9.17) is 4.74 Å². The van der Waals surface area contributed by atoms with Crippen LogP contribution in [0, 0.1) is 16.7 Å². The summed E-state index contributed by atoms with van der Waals surface area (Å²) < 4.78 is 6.44. The van der Waals surface area contributed by atoms with Gasteiger partial charge in [0.15, 0.2) is 6.54 Å². The lowest BCUT2D eigenvalue weighted by molar-refractivity contribution is -0.862. The normalized spacial score (nSPS) is 37.9. The molecule has 0 spiro atoms. The second kappa shape index (κ2) is 3.96. The van der Waals surface area contributed by atoms with Crippen molar-refractivity contribution in [2.75, 3.05) is 27.7 Å². The highest BCUT2D eigenvalue weighted by Crippen LogP contribution is 2.66. The lowest BCUT2D eigenvalue weighted by Crippen LogP contribution is -2.44. The summed E-state index contributed by atoms with van der Waals surface area (Å²) in [7, 11) is 6.06. The van der Waals surface area contributed by atoms with Crippen LogP contribution >= 0.6 is 0 Å². The fraction of sp³-hybridized carbons (Fsp3) is 0.933. The number of nitrogens with zero attached hydrogens (tertiary/aromatic N) is 1. The van der Waals surface area contributed by atoms with Crippen LogP contribution in [0.4, 0.5) is 0 Å². The van der Waals surface area contributed by atoms with Gasteiger partial charge in [-0.05, 0) is 30.6 Å². The molecule has 0 N–H and O–H groups in total. The van der Waals surface area contributed by atoms with E-state index in [1.54, 1.807) is 0 Å². The molecule has 0 aromatic heterocycles. The Labute approximate surface area is 111 Å². The van der Waals surface area contributed by atoms with Gasteiger partial charge in [0, 0.05) is 5.41 Å². The van der Waals surface area contributed by atoms with Gasteiger partial charge in [-0.2, -0.15) is 0 Å². The minimum absolute atomic E-state index is 0.0444. The van der Waals surface area contributed by atoms with Crippen molar-refractivity contribution in [2.45, 2.75) is 46.1 Å². The van der Waals surface area contributed by atoms with Gasteiger partial charge in [0.1, 0.15) is 6.10 Å². The lowest BCUT2D eigenvalue weighted by atomic mass is 9.70. The summed E-state index contributed by atoms with van der Waals surface area (Å²) in [5.74, 6) is 0.682. The molecule has 0 heterocycles. The summed E-state index contributed by atoms with van der Waals surface area (Å²) in [6.45, 7) is 7.46. The number of carbonyl (C=O) groups is 1. The van der Waals surface area contributed by atoms with Gasteiger partial charge in [-0.3, -0.25) is 0 Å². The number of likely N-dealkylation sites (N-methyl/N-ethyl adjacent to an activating group) is 1. The summed E-state index contributed by atoms with van der Waals surface area (Å²) >= 11 is 0. The summed E-state index contributed by atoms with van der Waals surface area (Å²) in [6.07, 6.45) is 3.69. The molecule has 0 amide bonds. The van der Waals surface area contributed by atoms with Gasteiger partial charge in [-0.15, -0.1) is 0 Å². The van der Waals surface area contributed by atoms with Gasteiger partial charge in [-0.1, -0.05) is 20.8 Å². The Bertz CT molecular complexity index is 356.